The fourth-order valence-corrected chi connectivity index (χ4v) is 2.01. The second kappa shape index (κ2) is 4.06. The van der Waals surface area contributed by atoms with Gasteiger partial charge < -0.3 is 10.1 Å². The molecule has 2 rings (SSSR count). The zero-order valence-corrected chi connectivity index (χ0v) is 10.8. The van der Waals surface area contributed by atoms with Crippen molar-refractivity contribution in [1.29, 1.82) is 0 Å². The minimum atomic E-state index is -0.450. The molecule has 0 unspecified atom stereocenters. The van der Waals surface area contributed by atoms with Crippen molar-refractivity contribution in [2.45, 2.75) is 45.6 Å². The zero-order chi connectivity index (χ0) is 12.6. The van der Waals surface area contributed by atoms with Gasteiger partial charge in [-0.2, -0.15) is 0 Å². The summed E-state index contributed by atoms with van der Waals surface area (Å²) in [5.41, 5.74) is 1.54. The summed E-state index contributed by atoms with van der Waals surface area (Å²) in [5.74, 6) is 1.20. The van der Waals surface area contributed by atoms with Gasteiger partial charge in [-0.1, -0.05) is 19.9 Å². The number of rotatable bonds is 1. The molecular weight excluding hydrogens is 214 g/mol. The van der Waals surface area contributed by atoms with Crippen molar-refractivity contribution in [2.75, 3.05) is 5.32 Å². The molecule has 1 aromatic carbocycles. The fourth-order valence-electron chi connectivity index (χ4n) is 2.01. The van der Waals surface area contributed by atoms with Gasteiger partial charge in [-0.25, -0.2) is 0 Å². The van der Waals surface area contributed by atoms with Crippen molar-refractivity contribution in [3.63, 3.8) is 0 Å². The summed E-state index contributed by atoms with van der Waals surface area (Å²) in [6.45, 7) is 8.12. The van der Waals surface area contributed by atoms with Crippen LogP contribution < -0.4 is 10.1 Å². The summed E-state index contributed by atoms with van der Waals surface area (Å²) in [7, 11) is 0. The molecule has 1 N–H and O–H groups in total. The molecule has 0 bridgehead atoms. The number of carbonyl (C=O) groups is 1. The third-order valence-electron chi connectivity index (χ3n) is 2.92. The van der Waals surface area contributed by atoms with Crippen molar-refractivity contribution in [2.24, 2.45) is 0 Å². The number of anilines is 1. The maximum absolute atomic E-state index is 11.8. The van der Waals surface area contributed by atoms with Crippen molar-refractivity contribution in [1.82, 2.24) is 0 Å². The molecule has 0 fully saturated rings. The maximum Gasteiger partial charge on any atom is 0.228 e. The van der Waals surface area contributed by atoms with Gasteiger partial charge in [0.1, 0.15) is 11.4 Å². The topological polar surface area (TPSA) is 38.3 Å². The summed E-state index contributed by atoms with van der Waals surface area (Å²) >= 11 is 0. The van der Waals surface area contributed by atoms with E-state index >= 15 is 0 Å². The van der Waals surface area contributed by atoms with E-state index < -0.39 is 5.60 Å². The van der Waals surface area contributed by atoms with Gasteiger partial charge in [0.15, 0.2) is 0 Å². The Kier molecular flexibility index (Phi) is 2.86. The molecule has 0 radical (unpaired) electrons. The van der Waals surface area contributed by atoms with Crippen LogP contribution in [0.2, 0.25) is 0 Å². The van der Waals surface area contributed by atoms with Crippen molar-refractivity contribution in [3.8, 4) is 5.75 Å². The highest BCUT2D eigenvalue weighted by atomic mass is 16.5. The lowest BCUT2D eigenvalue weighted by atomic mass is 10.0. The number of carbonyl (C=O) groups excluding carboxylic acids is 1. The molecule has 0 aliphatic carbocycles. The minimum Gasteiger partial charge on any atom is -0.485 e. The third kappa shape index (κ3) is 2.60. The molecule has 0 atom stereocenters. The van der Waals surface area contributed by atoms with E-state index in [0.717, 1.165) is 11.4 Å². The van der Waals surface area contributed by atoms with E-state index in [2.05, 4.69) is 25.2 Å². The van der Waals surface area contributed by atoms with Gasteiger partial charge in [-0.15, -0.1) is 0 Å². The molecule has 17 heavy (non-hydrogen) atoms. The highest BCUT2D eigenvalue weighted by Gasteiger charge is 2.29. The van der Waals surface area contributed by atoms with E-state index in [1.54, 1.807) is 0 Å². The molecule has 1 aliphatic rings. The summed E-state index contributed by atoms with van der Waals surface area (Å²) in [5, 5.41) is 2.91. The summed E-state index contributed by atoms with van der Waals surface area (Å²) in [4.78, 5) is 11.8. The average molecular weight is 233 g/mol. The molecular formula is C14H19NO2. The monoisotopic (exact) mass is 233 g/mol. The molecule has 1 aromatic rings. The van der Waals surface area contributed by atoms with E-state index in [1.807, 2.05) is 26.0 Å². The van der Waals surface area contributed by atoms with Gasteiger partial charge in [-0.3, -0.25) is 4.79 Å². The highest BCUT2D eigenvalue weighted by molar-refractivity contribution is 5.93. The second-order valence-electron chi connectivity index (χ2n) is 5.50. The van der Waals surface area contributed by atoms with Crippen molar-refractivity contribution < 1.29 is 9.53 Å². The quantitative estimate of drug-likeness (QED) is 0.808. The lowest BCUT2D eigenvalue weighted by Crippen LogP contribution is -2.30. The Labute approximate surface area is 102 Å². The lowest BCUT2D eigenvalue weighted by molar-refractivity contribution is -0.118. The van der Waals surface area contributed by atoms with Crippen LogP contribution in [0.3, 0.4) is 0 Å². The number of benzene rings is 1. The Hall–Kier alpha value is -1.51. The van der Waals surface area contributed by atoms with Crippen LogP contribution in [0.4, 0.5) is 5.69 Å². The molecule has 1 amide bonds. The van der Waals surface area contributed by atoms with E-state index in [-0.39, 0.29) is 5.91 Å². The maximum atomic E-state index is 11.8. The molecule has 3 nitrogen and oxygen atoms in total. The number of fused-ring (bicyclic) bond motifs is 1. The first-order valence-corrected chi connectivity index (χ1v) is 6.00. The van der Waals surface area contributed by atoms with E-state index in [1.165, 1.54) is 5.56 Å². The number of hydrogen-bond donors (Lipinski definition) is 1. The van der Waals surface area contributed by atoms with E-state index in [0.29, 0.717) is 12.3 Å². The van der Waals surface area contributed by atoms with Crippen LogP contribution in [-0.2, 0) is 4.79 Å². The Morgan fingerprint density at radius 1 is 1.35 bits per heavy atom. The first kappa shape index (κ1) is 12.0. The molecule has 1 aliphatic heterocycles. The van der Waals surface area contributed by atoms with Crippen LogP contribution in [0.1, 0.15) is 45.6 Å². The molecule has 1 heterocycles. The average Bonchev–Trinajstić information content (AvgIpc) is 2.29. The van der Waals surface area contributed by atoms with Gasteiger partial charge in [-0.05, 0) is 37.5 Å². The smallest absolute Gasteiger partial charge is 0.228 e. The summed E-state index contributed by atoms with van der Waals surface area (Å²) in [6, 6.07) is 5.99. The van der Waals surface area contributed by atoms with Gasteiger partial charge >= 0.3 is 0 Å². The first-order valence-electron chi connectivity index (χ1n) is 6.00. The number of ether oxygens (including phenoxy) is 1. The zero-order valence-electron chi connectivity index (χ0n) is 10.8. The summed E-state index contributed by atoms with van der Waals surface area (Å²) < 4.78 is 5.87. The molecule has 0 aromatic heterocycles. The third-order valence-corrected chi connectivity index (χ3v) is 2.92. The SMILES string of the molecule is CC(C)c1ccc2c(c1)NC(=O)CC(C)(C)O2. The van der Waals surface area contributed by atoms with Crippen molar-refractivity contribution in [3.05, 3.63) is 23.8 Å². The highest BCUT2D eigenvalue weighted by Crippen LogP contribution is 2.34. The molecule has 0 saturated carbocycles. The van der Waals surface area contributed by atoms with Crippen molar-refractivity contribution >= 4 is 11.6 Å². The molecule has 3 heteroatoms. The van der Waals surface area contributed by atoms with Crippen LogP contribution in [0.5, 0.6) is 5.75 Å². The lowest BCUT2D eigenvalue weighted by Gasteiger charge is -2.23. The van der Waals surface area contributed by atoms with Gasteiger partial charge in [0.2, 0.25) is 5.91 Å². The Bertz CT molecular complexity index is 450. The Balaban J connectivity index is 2.42. The largest absolute Gasteiger partial charge is 0.485 e. The van der Waals surface area contributed by atoms with Gasteiger partial charge in [0.25, 0.3) is 0 Å². The first-order chi connectivity index (χ1) is 7.87. The number of amides is 1. The molecule has 0 spiro atoms. The van der Waals surface area contributed by atoms with Crippen LogP contribution in [-0.4, -0.2) is 11.5 Å². The predicted octanol–water partition coefficient (Wildman–Crippen LogP) is 3.31. The standard InChI is InChI=1S/C14H19NO2/c1-9(2)10-5-6-12-11(7-10)15-13(16)8-14(3,4)17-12/h5-7,9H,8H2,1-4H3,(H,15,16). The Morgan fingerprint density at radius 2 is 2.06 bits per heavy atom. The minimum absolute atomic E-state index is 0.00894. The second-order valence-corrected chi connectivity index (χ2v) is 5.50. The normalized spacial score (nSPS) is 18.1. The number of nitrogens with one attached hydrogen (secondary N) is 1. The van der Waals surface area contributed by atoms with E-state index in [4.69, 9.17) is 4.74 Å². The Morgan fingerprint density at radius 3 is 2.71 bits per heavy atom. The van der Waals surface area contributed by atoms with Crippen LogP contribution in [0.15, 0.2) is 18.2 Å². The number of hydrogen-bond acceptors (Lipinski definition) is 2. The van der Waals surface area contributed by atoms with Crippen LogP contribution in [0.25, 0.3) is 0 Å². The van der Waals surface area contributed by atoms with Crippen LogP contribution in [0, 0.1) is 0 Å². The predicted molar refractivity (Wildman–Crippen MR) is 68.5 cm³/mol. The van der Waals surface area contributed by atoms with Crippen LogP contribution >= 0.6 is 0 Å². The fraction of sp³-hybridized carbons (Fsp3) is 0.500. The van der Waals surface area contributed by atoms with Gasteiger partial charge in [0.05, 0.1) is 12.1 Å². The molecule has 0 saturated heterocycles. The molecule has 92 valence electrons. The summed E-state index contributed by atoms with van der Waals surface area (Å²) in [6.07, 6.45) is 0.374. The van der Waals surface area contributed by atoms with E-state index in [9.17, 15) is 4.79 Å². The van der Waals surface area contributed by atoms with Gasteiger partial charge in [0, 0.05) is 0 Å².